The van der Waals surface area contributed by atoms with E-state index in [4.69, 9.17) is 4.74 Å². The van der Waals surface area contributed by atoms with Crippen LogP contribution in [0.15, 0.2) is 54.6 Å². The zero-order valence-corrected chi connectivity index (χ0v) is 25.9. The van der Waals surface area contributed by atoms with Crippen molar-refractivity contribution < 1.29 is 22.3 Å². The number of nitrogens with one attached hydrogen (secondary N) is 3. The average molecular weight is 783 g/mol. The molecule has 1 atom stereocenters. The quantitative estimate of drug-likeness (QED) is 0.0855. The van der Waals surface area contributed by atoms with Crippen LogP contribution in [0.5, 0.6) is 0 Å². The Morgan fingerprint density at radius 1 is 1.12 bits per heavy atom. The van der Waals surface area contributed by atoms with Gasteiger partial charge in [-0.2, -0.15) is 13.2 Å². The normalized spacial score (nSPS) is 18.8. The molecule has 14 heteroatoms. The molecule has 0 bridgehead atoms. The Balaban J connectivity index is 1.26. The van der Waals surface area contributed by atoms with Gasteiger partial charge in [0.25, 0.3) is 0 Å². The Morgan fingerprint density at radius 2 is 1.93 bits per heavy atom. The molecule has 0 radical (unpaired) electrons. The molecule has 3 aromatic rings. The first-order valence-corrected chi connectivity index (χ1v) is 18.7. The number of halogens is 6. The van der Waals surface area contributed by atoms with Gasteiger partial charge in [-0.05, 0) is 32.0 Å². The van der Waals surface area contributed by atoms with Crippen LogP contribution in [-0.2, 0) is 10.9 Å². The molecule has 2 aliphatic rings. The topological polar surface area (TPSA) is 87.2 Å². The molecule has 2 aliphatic heterocycles. The smallest absolute Gasteiger partial charge is 0.368 e. The molecule has 0 spiro atoms. The summed E-state index contributed by atoms with van der Waals surface area (Å²) in [5, 5.41) is 6.24. The van der Waals surface area contributed by atoms with Crippen LogP contribution in [0.3, 0.4) is 0 Å². The van der Waals surface area contributed by atoms with Crippen molar-refractivity contribution in [3.63, 3.8) is 0 Å². The standard InChI is InChI=1S/C26H27F4I2N7O/c1-16-15-39(17(2)35-16)22-10-18(26(28,29)30)9-21(11-22)36-20-4-3-19(33-13-20)12-31-38-25-34-14-23(27)24(37-25)32-5-7-40-8-6-32/h3-4,9-15,17,35-36H,5-8H2,1-2H3,(H,34,37,38). The first kappa shape index (κ1) is 28.9. The molecule has 40 heavy (non-hydrogen) atoms. The van der Waals surface area contributed by atoms with Crippen LogP contribution < -0.4 is 19.1 Å². The molecule has 0 amide bonds. The van der Waals surface area contributed by atoms with E-state index in [1.165, 1.54) is 6.20 Å². The van der Waals surface area contributed by atoms with Crippen molar-refractivity contribution in [1.82, 2.24) is 20.3 Å². The number of ether oxygens (including phenoxy) is 1. The summed E-state index contributed by atoms with van der Waals surface area (Å²) in [6.07, 6.45) is -0.0578. The minimum Gasteiger partial charge on any atom is -0.368 e. The molecule has 8 nitrogen and oxygen atoms in total. The number of alkyl halides is 5. The van der Waals surface area contributed by atoms with Gasteiger partial charge in [0.15, 0.2) is 0 Å². The number of aromatic nitrogens is 3. The third-order valence-corrected chi connectivity index (χ3v) is 13.4. The fourth-order valence-corrected chi connectivity index (χ4v) is 10.2. The summed E-state index contributed by atoms with van der Waals surface area (Å²) in [4.78, 5) is 14.7. The van der Waals surface area contributed by atoms with Crippen molar-refractivity contribution >= 4 is 67.8 Å². The van der Waals surface area contributed by atoms with E-state index in [0.29, 0.717) is 45.6 Å². The predicted octanol–water partition coefficient (Wildman–Crippen LogP) is 6.24. The van der Waals surface area contributed by atoms with Gasteiger partial charge in [-0.1, -0.05) is 0 Å². The van der Waals surface area contributed by atoms with Crippen molar-refractivity contribution in [2.24, 2.45) is 0 Å². The second kappa shape index (κ2) is 12.5. The van der Waals surface area contributed by atoms with Gasteiger partial charge in [0.05, 0.1) is 5.56 Å². The molecule has 1 saturated heterocycles. The van der Waals surface area contributed by atoms with Crippen molar-refractivity contribution in [2.45, 2.75) is 26.2 Å². The molecule has 214 valence electrons. The number of hydrogen-bond acceptors (Lipinski definition) is 8. The molecule has 4 heterocycles. The van der Waals surface area contributed by atoms with E-state index in [-0.39, 0.29) is 12.0 Å². The third kappa shape index (κ3) is 7.18. The van der Waals surface area contributed by atoms with E-state index >= 15 is 0 Å². The molecule has 3 N–H and O–H groups in total. The SMILES string of the molecule is CC1=CN(c2cc(Nc3ccc(C=INc4ncc(F)c(I5CCOCC5)n4)nc3)cc(C(F)(F)F)c2)C(C)N1. The summed E-state index contributed by atoms with van der Waals surface area (Å²) in [7, 11) is 0. The third-order valence-electron chi connectivity index (χ3n) is 5.96. The van der Waals surface area contributed by atoms with Crippen LogP contribution in [-0.4, -0.2) is 47.2 Å². The molecule has 1 aromatic carbocycles. The number of hydrogen-bond donors (Lipinski definition) is 3. The fourth-order valence-electron chi connectivity index (χ4n) is 4.14. The molecular formula is C26H27F4I2N7O. The Bertz CT molecular complexity index is 1410. The summed E-state index contributed by atoms with van der Waals surface area (Å²) < 4.78 is 68.1. The zero-order valence-electron chi connectivity index (χ0n) is 21.6. The number of rotatable bonds is 7. The fraction of sp³-hybridized carbons (Fsp3) is 0.308. The van der Waals surface area contributed by atoms with Crippen LogP contribution in [0.1, 0.15) is 25.1 Å². The maximum absolute atomic E-state index is 14.3. The number of allylic oxidation sites excluding steroid dienone is 1. The maximum atomic E-state index is 14.3. The van der Waals surface area contributed by atoms with Crippen molar-refractivity contribution in [3.05, 3.63) is 75.4 Å². The van der Waals surface area contributed by atoms with Crippen LogP contribution in [0.4, 0.5) is 40.6 Å². The Morgan fingerprint density at radius 3 is 2.60 bits per heavy atom. The Hall–Kier alpha value is -2.60. The minimum atomic E-state index is -4.49. The summed E-state index contributed by atoms with van der Waals surface area (Å²) in [5.41, 5.74) is 2.13. The second-order valence-electron chi connectivity index (χ2n) is 8.99. The monoisotopic (exact) mass is 783 g/mol. The van der Waals surface area contributed by atoms with Crippen molar-refractivity contribution in [1.29, 1.82) is 0 Å². The molecular weight excluding hydrogens is 756 g/mol. The van der Waals surface area contributed by atoms with Gasteiger partial charge in [-0.3, -0.25) is 0 Å². The van der Waals surface area contributed by atoms with Gasteiger partial charge in [0.2, 0.25) is 0 Å². The van der Waals surface area contributed by atoms with E-state index in [0.717, 1.165) is 26.7 Å². The summed E-state index contributed by atoms with van der Waals surface area (Å²) in [6.45, 7) is 5.07. The molecule has 1 unspecified atom stereocenters. The summed E-state index contributed by atoms with van der Waals surface area (Å²) >= 11 is -2.41. The van der Waals surface area contributed by atoms with E-state index in [1.807, 2.05) is 17.9 Å². The first-order valence-electron chi connectivity index (χ1n) is 12.3. The van der Waals surface area contributed by atoms with Gasteiger partial charge in [0, 0.05) is 17.6 Å². The van der Waals surface area contributed by atoms with Crippen LogP contribution in [0.25, 0.3) is 0 Å². The average Bonchev–Trinajstić information content (AvgIpc) is 3.28. The number of anilines is 4. The van der Waals surface area contributed by atoms with Gasteiger partial charge in [-0.15, -0.1) is 0 Å². The first-order chi connectivity index (χ1) is 19.2. The van der Waals surface area contributed by atoms with E-state index in [9.17, 15) is 17.6 Å². The van der Waals surface area contributed by atoms with Crippen LogP contribution in [0.2, 0.25) is 0 Å². The Kier molecular flexibility index (Phi) is 9.04. The molecule has 0 aliphatic carbocycles. The predicted molar refractivity (Wildman–Crippen MR) is 166 cm³/mol. The van der Waals surface area contributed by atoms with E-state index in [1.54, 1.807) is 35.5 Å². The van der Waals surface area contributed by atoms with Gasteiger partial charge in [-0.25, -0.2) is 0 Å². The zero-order chi connectivity index (χ0) is 28.3. The molecule has 2 aromatic heterocycles. The summed E-state index contributed by atoms with van der Waals surface area (Å²) in [6, 6.07) is 7.45. The molecule has 0 saturated carbocycles. The number of nitrogens with zero attached hydrogens (tertiary/aromatic N) is 4. The molecule has 1 fully saturated rings. The van der Waals surface area contributed by atoms with E-state index < -0.39 is 52.6 Å². The number of pyridine rings is 1. The Labute approximate surface area is 246 Å². The summed E-state index contributed by atoms with van der Waals surface area (Å²) in [5.74, 6) is 0.0751. The van der Waals surface area contributed by atoms with Crippen molar-refractivity contribution in [2.75, 3.05) is 35.8 Å². The second-order valence-corrected chi connectivity index (χ2v) is 16.6. The number of benzene rings is 1. The van der Waals surface area contributed by atoms with Gasteiger partial charge < -0.3 is 10.2 Å². The van der Waals surface area contributed by atoms with Gasteiger partial charge >= 0.3 is 163 Å². The largest absolute Gasteiger partial charge is 0.416 e. The van der Waals surface area contributed by atoms with Crippen LogP contribution in [0, 0.1) is 9.52 Å². The van der Waals surface area contributed by atoms with Crippen molar-refractivity contribution in [3.8, 4) is 0 Å². The van der Waals surface area contributed by atoms with E-state index in [2.05, 4.69) is 29.1 Å². The van der Waals surface area contributed by atoms with Crippen LogP contribution >= 0.6 is 40.8 Å². The minimum absolute atomic E-state index is 0.166. The maximum Gasteiger partial charge on any atom is 0.416 e. The van der Waals surface area contributed by atoms with Gasteiger partial charge in [0.1, 0.15) is 6.17 Å². The molecule has 5 rings (SSSR count).